The predicted octanol–water partition coefficient (Wildman–Crippen LogP) is 1.95. The molecule has 16 heavy (non-hydrogen) atoms. The van der Waals surface area contributed by atoms with E-state index in [0.717, 1.165) is 11.2 Å². The van der Waals surface area contributed by atoms with Crippen LogP contribution in [0.4, 0.5) is 5.95 Å². The summed E-state index contributed by atoms with van der Waals surface area (Å²) >= 11 is 0. The van der Waals surface area contributed by atoms with Crippen molar-refractivity contribution in [3.8, 4) is 0 Å². The molecule has 1 fully saturated rings. The number of fused-ring (bicyclic) bond motifs is 1. The van der Waals surface area contributed by atoms with Crippen LogP contribution in [0.1, 0.15) is 26.2 Å². The van der Waals surface area contributed by atoms with Crippen LogP contribution >= 0.6 is 0 Å². The molecular weight excluding hydrogens is 202 g/mol. The Morgan fingerprint density at radius 1 is 1.38 bits per heavy atom. The van der Waals surface area contributed by atoms with E-state index in [-0.39, 0.29) is 0 Å². The van der Waals surface area contributed by atoms with Crippen LogP contribution in [0.15, 0.2) is 12.5 Å². The average molecular weight is 217 g/mol. The third-order valence-corrected chi connectivity index (χ3v) is 3.35. The van der Waals surface area contributed by atoms with E-state index in [1.54, 1.807) is 12.5 Å². The van der Waals surface area contributed by atoms with Crippen LogP contribution in [0.3, 0.4) is 0 Å². The number of rotatable bonds is 2. The van der Waals surface area contributed by atoms with Crippen molar-refractivity contribution < 1.29 is 0 Å². The first kappa shape index (κ1) is 9.57. The summed E-state index contributed by atoms with van der Waals surface area (Å²) in [4.78, 5) is 15.8. The maximum Gasteiger partial charge on any atom is 0.224 e. The Kier molecular flexibility index (Phi) is 2.23. The van der Waals surface area contributed by atoms with E-state index in [2.05, 4.69) is 32.2 Å². The lowest BCUT2D eigenvalue weighted by molar-refractivity contribution is 0.553. The fourth-order valence-corrected chi connectivity index (χ4v) is 2.33. The van der Waals surface area contributed by atoms with E-state index in [0.29, 0.717) is 17.9 Å². The molecule has 0 aliphatic heterocycles. The van der Waals surface area contributed by atoms with Gasteiger partial charge in [0.05, 0.1) is 12.5 Å². The first-order valence-corrected chi connectivity index (χ1v) is 5.75. The second kappa shape index (κ2) is 3.73. The minimum Gasteiger partial charge on any atom is -0.351 e. The molecule has 2 aromatic heterocycles. The molecule has 0 saturated heterocycles. The van der Waals surface area contributed by atoms with Crippen LogP contribution in [-0.4, -0.2) is 26.0 Å². The van der Waals surface area contributed by atoms with Crippen molar-refractivity contribution in [3.05, 3.63) is 12.5 Å². The zero-order chi connectivity index (χ0) is 11.0. The van der Waals surface area contributed by atoms with Gasteiger partial charge >= 0.3 is 0 Å². The average Bonchev–Trinajstić information content (AvgIpc) is 2.88. The van der Waals surface area contributed by atoms with E-state index in [4.69, 9.17) is 0 Å². The minimum atomic E-state index is 0.514. The van der Waals surface area contributed by atoms with Crippen LogP contribution in [-0.2, 0) is 0 Å². The van der Waals surface area contributed by atoms with Crippen molar-refractivity contribution in [2.45, 2.75) is 32.2 Å². The van der Waals surface area contributed by atoms with Crippen LogP contribution in [0.5, 0.6) is 0 Å². The van der Waals surface area contributed by atoms with Crippen molar-refractivity contribution in [2.75, 3.05) is 5.32 Å². The van der Waals surface area contributed by atoms with Gasteiger partial charge in [0, 0.05) is 6.04 Å². The molecule has 3 rings (SSSR count). The van der Waals surface area contributed by atoms with Gasteiger partial charge in [0.2, 0.25) is 5.95 Å². The Labute approximate surface area is 93.7 Å². The fraction of sp³-hybridized carbons (Fsp3) is 0.545. The Balaban J connectivity index is 1.83. The quantitative estimate of drug-likeness (QED) is 0.807. The van der Waals surface area contributed by atoms with E-state index in [9.17, 15) is 0 Å². The fourth-order valence-electron chi connectivity index (χ4n) is 2.33. The highest BCUT2D eigenvalue weighted by Gasteiger charge is 2.23. The Bertz CT molecular complexity index is 492. The van der Waals surface area contributed by atoms with Gasteiger partial charge in [-0.3, -0.25) is 0 Å². The molecule has 5 heteroatoms. The highest BCUT2D eigenvalue weighted by atomic mass is 15.1. The van der Waals surface area contributed by atoms with Gasteiger partial charge in [0.25, 0.3) is 0 Å². The third-order valence-electron chi connectivity index (χ3n) is 3.35. The lowest BCUT2D eigenvalue weighted by Gasteiger charge is -2.16. The molecule has 1 aliphatic rings. The SMILES string of the molecule is CC1CCCC1Nc1ncc2nc[nH]c2n1. The molecule has 0 spiro atoms. The van der Waals surface area contributed by atoms with Crippen LogP contribution < -0.4 is 5.32 Å². The molecule has 0 amide bonds. The number of hydrogen-bond acceptors (Lipinski definition) is 4. The summed E-state index contributed by atoms with van der Waals surface area (Å²) in [5.41, 5.74) is 1.60. The summed E-state index contributed by atoms with van der Waals surface area (Å²) < 4.78 is 0. The number of H-pyrrole nitrogens is 1. The molecular formula is C11H15N5. The van der Waals surface area contributed by atoms with Crippen molar-refractivity contribution in [2.24, 2.45) is 5.92 Å². The number of aromatic amines is 1. The summed E-state index contributed by atoms with van der Waals surface area (Å²) in [5, 5.41) is 3.40. The maximum atomic E-state index is 4.39. The first-order valence-electron chi connectivity index (χ1n) is 5.75. The molecule has 2 heterocycles. The molecule has 2 atom stereocenters. The monoisotopic (exact) mass is 217 g/mol. The molecule has 0 radical (unpaired) electrons. The Hall–Kier alpha value is -1.65. The van der Waals surface area contributed by atoms with Gasteiger partial charge in [-0.1, -0.05) is 13.3 Å². The first-order chi connectivity index (χ1) is 7.83. The van der Waals surface area contributed by atoms with E-state index in [1.165, 1.54) is 19.3 Å². The zero-order valence-electron chi connectivity index (χ0n) is 9.27. The van der Waals surface area contributed by atoms with Crippen molar-refractivity contribution in [1.29, 1.82) is 0 Å². The number of aromatic nitrogens is 4. The number of anilines is 1. The summed E-state index contributed by atoms with van der Waals surface area (Å²) in [6.45, 7) is 2.28. The van der Waals surface area contributed by atoms with E-state index in [1.807, 2.05) is 0 Å². The summed E-state index contributed by atoms with van der Waals surface area (Å²) in [6.07, 6.45) is 7.20. The highest BCUT2D eigenvalue weighted by Crippen LogP contribution is 2.27. The lowest BCUT2D eigenvalue weighted by Crippen LogP contribution is -2.23. The molecule has 2 N–H and O–H groups in total. The van der Waals surface area contributed by atoms with Crippen LogP contribution in [0.25, 0.3) is 11.2 Å². The maximum absolute atomic E-state index is 4.39. The van der Waals surface area contributed by atoms with Gasteiger partial charge in [-0.25, -0.2) is 9.97 Å². The van der Waals surface area contributed by atoms with Gasteiger partial charge in [-0.15, -0.1) is 0 Å². The van der Waals surface area contributed by atoms with E-state index < -0.39 is 0 Å². The molecule has 1 saturated carbocycles. The Morgan fingerprint density at radius 2 is 2.31 bits per heavy atom. The molecule has 0 bridgehead atoms. The number of nitrogens with one attached hydrogen (secondary N) is 2. The topological polar surface area (TPSA) is 66.5 Å². The highest BCUT2D eigenvalue weighted by molar-refractivity contribution is 5.69. The van der Waals surface area contributed by atoms with E-state index >= 15 is 0 Å². The predicted molar refractivity (Wildman–Crippen MR) is 62.1 cm³/mol. The van der Waals surface area contributed by atoms with Crippen molar-refractivity contribution in [1.82, 2.24) is 19.9 Å². The van der Waals surface area contributed by atoms with Gasteiger partial charge in [0.1, 0.15) is 5.52 Å². The molecule has 5 nitrogen and oxygen atoms in total. The second-order valence-corrected chi connectivity index (χ2v) is 4.49. The van der Waals surface area contributed by atoms with Crippen molar-refractivity contribution >= 4 is 17.1 Å². The number of nitrogens with zero attached hydrogens (tertiary/aromatic N) is 3. The summed E-state index contributed by atoms with van der Waals surface area (Å²) in [5.74, 6) is 1.41. The summed E-state index contributed by atoms with van der Waals surface area (Å²) in [6, 6.07) is 0.514. The van der Waals surface area contributed by atoms with Gasteiger partial charge in [-0.2, -0.15) is 4.98 Å². The third kappa shape index (κ3) is 1.62. The molecule has 2 aromatic rings. The normalized spacial score (nSPS) is 25.1. The number of imidazole rings is 1. The minimum absolute atomic E-state index is 0.514. The van der Waals surface area contributed by atoms with Gasteiger partial charge < -0.3 is 10.3 Å². The van der Waals surface area contributed by atoms with Crippen molar-refractivity contribution in [3.63, 3.8) is 0 Å². The zero-order valence-corrected chi connectivity index (χ0v) is 9.27. The number of hydrogen-bond donors (Lipinski definition) is 2. The second-order valence-electron chi connectivity index (χ2n) is 4.49. The largest absolute Gasteiger partial charge is 0.351 e. The van der Waals surface area contributed by atoms with Crippen LogP contribution in [0.2, 0.25) is 0 Å². The molecule has 0 aromatic carbocycles. The van der Waals surface area contributed by atoms with Gasteiger partial charge in [0.15, 0.2) is 5.65 Å². The lowest BCUT2D eigenvalue weighted by atomic mass is 10.1. The molecule has 2 unspecified atom stereocenters. The smallest absolute Gasteiger partial charge is 0.224 e. The molecule has 84 valence electrons. The standard InChI is InChI=1S/C11H15N5/c1-7-3-2-4-8(7)15-11-12-5-9-10(16-11)14-6-13-9/h5-8H,2-4H2,1H3,(H2,12,13,14,15,16). The molecule has 1 aliphatic carbocycles. The van der Waals surface area contributed by atoms with Crippen LogP contribution in [0, 0.1) is 5.92 Å². The Morgan fingerprint density at radius 3 is 3.12 bits per heavy atom. The summed E-state index contributed by atoms with van der Waals surface area (Å²) in [7, 11) is 0. The van der Waals surface area contributed by atoms with Gasteiger partial charge in [-0.05, 0) is 18.8 Å².